The molecule has 0 aromatic heterocycles. The van der Waals surface area contributed by atoms with Crippen LogP contribution in [0.3, 0.4) is 0 Å². The average molecular weight is 257 g/mol. The maximum atomic E-state index is 10.8. The molecule has 0 unspecified atom stereocenters. The zero-order valence-electron chi connectivity index (χ0n) is 6.19. The molecule has 1 atom stereocenters. The van der Waals surface area contributed by atoms with E-state index in [1.807, 2.05) is 14.0 Å². The maximum absolute atomic E-state index is 10.8. The van der Waals surface area contributed by atoms with Gasteiger partial charge in [0, 0.05) is 0 Å². The molecule has 4 heteroatoms. The van der Waals surface area contributed by atoms with E-state index < -0.39 is 0 Å². The molecule has 3 nitrogen and oxygen atoms in total. The van der Waals surface area contributed by atoms with Crippen molar-refractivity contribution in [3.05, 3.63) is 0 Å². The van der Waals surface area contributed by atoms with Crippen LogP contribution in [0, 0.1) is 5.92 Å². The zero-order chi connectivity index (χ0) is 7.98. The first-order valence-electron chi connectivity index (χ1n) is 3.19. The van der Waals surface area contributed by atoms with Crippen LogP contribution in [-0.2, 0) is 7.86 Å². The summed E-state index contributed by atoms with van der Waals surface area (Å²) in [4.78, 5) is 10.8. The lowest BCUT2D eigenvalue weighted by molar-refractivity contribution is -0.135. The number of rotatable bonds is 4. The summed E-state index contributed by atoms with van der Waals surface area (Å²) in [6.45, 7) is 2.71. The van der Waals surface area contributed by atoms with Crippen molar-refractivity contribution >= 4 is 29.0 Å². The minimum atomic E-state index is -0.143. The van der Waals surface area contributed by atoms with Gasteiger partial charge in [0.1, 0.15) is 0 Å². The van der Waals surface area contributed by atoms with Crippen LogP contribution in [0.4, 0.5) is 0 Å². The van der Waals surface area contributed by atoms with Gasteiger partial charge in [-0.05, 0) is 20.0 Å². The molecule has 1 N–H and O–H groups in total. The Bertz CT molecular complexity index is 108. The quantitative estimate of drug-likeness (QED) is 0.767. The van der Waals surface area contributed by atoms with Gasteiger partial charge < -0.3 is 8.38 Å². The summed E-state index contributed by atoms with van der Waals surface area (Å²) in [5.74, 6) is -0.139. The van der Waals surface area contributed by atoms with Crippen LogP contribution >= 0.6 is 23.0 Å². The molecule has 0 aliphatic carbocycles. The zero-order valence-corrected chi connectivity index (χ0v) is 8.34. The number of carbonyl (C=O) groups excluding carboxylic acids is 1. The highest BCUT2D eigenvalue weighted by Gasteiger charge is 2.11. The normalized spacial score (nSPS) is 12.7. The Morgan fingerprint density at radius 1 is 1.80 bits per heavy atom. The molecule has 10 heavy (non-hydrogen) atoms. The van der Waals surface area contributed by atoms with Crippen molar-refractivity contribution < 1.29 is 7.86 Å². The first-order chi connectivity index (χ1) is 4.72. The van der Waals surface area contributed by atoms with Gasteiger partial charge in [-0.2, -0.15) is 0 Å². The van der Waals surface area contributed by atoms with E-state index in [2.05, 4.69) is 8.38 Å². The lowest BCUT2D eigenvalue weighted by Crippen LogP contribution is -2.17. The Kier molecular flexibility index (Phi) is 6.00. The lowest BCUT2D eigenvalue weighted by atomic mass is 10.1. The van der Waals surface area contributed by atoms with Gasteiger partial charge in [-0.1, -0.05) is 6.92 Å². The number of hydrogen-bond donors (Lipinski definition) is 1. The molecule has 60 valence electrons. The first kappa shape index (κ1) is 10.2. The molecule has 0 saturated heterocycles. The molecule has 0 amide bonds. The lowest BCUT2D eigenvalue weighted by Gasteiger charge is -2.05. The monoisotopic (exact) mass is 257 g/mol. The van der Waals surface area contributed by atoms with Crippen molar-refractivity contribution in [2.24, 2.45) is 5.92 Å². The summed E-state index contributed by atoms with van der Waals surface area (Å²) in [7, 11) is 1.86. The fourth-order valence-corrected chi connectivity index (χ4v) is 0.989. The fourth-order valence-electron chi connectivity index (χ4n) is 0.555. The molecule has 0 fully saturated rings. The smallest absolute Gasteiger partial charge is 0.318 e. The number of halogens is 1. The van der Waals surface area contributed by atoms with Crippen LogP contribution in [0.1, 0.15) is 13.3 Å². The summed E-state index contributed by atoms with van der Waals surface area (Å²) >= 11 is 1.61. The van der Waals surface area contributed by atoms with Crippen LogP contribution in [0.15, 0.2) is 0 Å². The number of hydrogen-bond acceptors (Lipinski definition) is 3. The summed E-state index contributed by atoms with van der Waals surface area (Å²) in [5.41, 5.74) is 0. The summed E-state index contributed by atoms with van der Waals surface area (Å²) in [5, 5.41) is 2.97. The molecule has 0 radical (unpaired) electrons. The van der Waals surface area contributed by atoms with Gasteiger partial charge in [-0.3, -0.25) is 4.79 Å². The van der Waals surface area contributed by atoms with Crippen LogP contribution in [0.5, 0.6) is 0 Å². The summed E-state index contributed by atoms with van der Waals surface area (Å²) < 4.78 is 4.51. The highest BCUT2D eigenvalue weighted by atomic mass is 127. The highest BCUT2D eigenvalue weighted by Crippen LogP contribution is 2.05. The van der Waals surface area contributed by atoms with Gasteiger partial charge in [0.2, 0.25) is 0 Å². The molecule has 0 saturated carbocycles. The van der Waals surface area contributed by atoms with Gasteiger partial charge in [0.05, 0.1) is 5.92 Å². The van der Waals surface area contributed by atoms with Gasteiger partial charge >= 0.3 is 5.97 Å². The van der Waals surface area contributed by atoms with Crippen LogP contribution < -0.4 is 5.32 Å². The predicted octanol–water partition coefficient (Wildman–Crippen LogP) is 1.13. The van der Waals surface area contributed by atoms with E-state index in [-0.39, 0.29) is 11.9 Å². The molecular weight excluding hydrogens is 245 g/mol. The van der Waals surface area contributed by atoms with E-state index >= 15 is 0 Å². The van der Waals surface area contributed by atoms with Crippen LogP contribution in [0.25, 0.3) is 0 Å². The molecule has 0 aromatic rings. The van der Waals surface area contributed by atoms with Gasteiger partial charge in [-0.15, -0.1) is 0 Å². The highest BCUT2D eigenvalue weighted by molar-refractivity contribution is 14.1. The van der Waals surface area contributed by atoms with Crippen molar-refractivity contribution in [2.45, 2.75) is 13.3 Å². The fraction of sp³-hybridized carbons (Fsp3) is 0.833. The van der Waals surface area contributed by atoms with E-state index in [0.717, 1.165) is 13.0 Å². The van der Waals surface area contributed by atoms with Gasteiger partial charge in [0.25, 0.3) is 0 Å². The van der Waals surface area contributed by atoms with Crippen LogP contribution in [0.2, 0.25) is 0 Å². The minimum absolute atomic E-state index is 0.00403. The molecule has 0 rings (SSSR count). The Morgan fingerprint density at radius 3 is 2.80 bits per heavy atom. The third-order valence-corrected chi connectivity index (χ3v) is 1.74. The molecule has 0 aliphatic heterocycles. The third kappa shape index (κ3) is 4.05. The van der Waals surface area contributed by atoms with E-state index in [1.54, 1.807) is 23.0 Å². The Morgan fingerprint density at radius 2 is 2.40 bits per heavy atom. The van der Waals surface area contributed by atoms with Gasteiger partial charge in [-0.25, -0.2) is 0 Å². The Labute approximate surface area is 75.2 Å². The van der Waals surface area contributed by atoms with E-state index in [4.69, 9.17) is 0 Å². The van der Waals surface area contributed by atoms with E-state index in [0.29, 0.717) is 0 Å². The SMILES string of the molecule is CNCC[C@H](C)C(=O)OI. The molecule has 0 aromatic carbocycles. The number of carbonyl (C=O) groups is 1. The van der Waals surface area contributed by atoms with Crippen molar-refractivity contribution in [1.82, 2.24) is 5.32 Å². The van der Waals surface area contributed by atoms with Crippen molar-refractivity contribution in [3.8, 4) is 0 Å². The summed E-state index contributed by atoms with van der Waals surface area (Å²) in [6.07, 6.45) is 0.832. The molecule has 0 heterocycles. The maximum Gasteiger partial charge on any atom is 0.318 e. The predicted molar refractivity (Wildman–Crippen MR) is 47.8 cm³/mol. The largest absolute Gasteiger partial charge is 0.394 e. The van der Waals surface area contributed by atoms with Gasteiger partial charge in [0.15, 0.2) is 23.0 Å². The van der Waals surface area contributed by atoms with E-state index in [9.17, 15) is 4.79 Å². The van der Waals surface area contributed by atoms with Crippen LogP contribution in [-0.4, -0.2) is 19.6 Å². The van der Waals surface area contributed by atoms with Crippen molar-refractivity contribution in [3.63, 3.8) is 0 Å². The van der Waals surface area contributed by atoms with E-state index in [1.165, 1.54) is 0 Å². The molecular formula is C6H12INO2. The topological polar surface area (TPSA) is 38.3 Å². The van der Waals surface area contributed by atoms with Crippen molar-refractivity contribution in [2.75, 3.05) is 13.6 Å². The first-order valence-corrected chi connectivity index (χ1v) is 4.07. The summed E-state index contributed by atoms with van der Waals surface area (Å²) in [6, 6.07) is 0. The average Bonchev–Trinajstić information content (AvgIpc) is 1.98. The second-order valence-electron chi connectivity index (χ2n) is 2.19. The molecule has 0 aliphatic rings. The number of nitrogens with one attached hydrogen (secondary N) is 1. The third-order valence-electron chi connectivity index (χ3n) is 1.31. The second kappa shape index (κ2) is 5.91. The Hall–Kier alpha value is 0.160. The minimum Gasteiger partial charge on any atom is -0.394 e. The standard InChI is InChI=1S/C6H12INO2/c1-5(3-4-8-2)6(9)10-7/h5,8H,3-4H2,1-2H3/t5-/m0/s1. The molecule has 0 spiro atoms. The second-order valence-corrected chi connectivity index (χ2v) is 2.63. The van der Waals surface area contributed by atoms with Crippen molar-refractivity contribution in [1.29, 1.82) is 0 Å². The molecule has 0 bridgehead atoms. The Balaban J connectivity index is 3.41.